The van der Waals surface area contributed by atoms with Gasteiger partial charge in [-0.25, -0.2) is 0 Å². The summed E-state index contributed by atoms with van der Waals surface area (Å²) in [5.74, 6) is 1.81. The highest BCUT2D eigenvalue weighted by Gasteiger charge is 2.20. The second kappa shape index (κ2) is 6.64. The van der Waals surface area contributed by atoms with Crippen LogP contribution in [0.2, 0.25) is 0 Å². The van der Waals surface area contributed by atoms with E-state index in [4.69, 9.17) is 9.47 Å². The summed E-state index contributed by atoms with van der Waals surface area (Å²) in [6.07, 6.45) is 4.92. The summed E-state index contributed by atoms with van der Waals surface area (Å²) in [6, 6.07) is 6.53. The Morgan fingerprint density at radius 3 is 2.83 bits per heavy atom. The van der Waals surface area contributed by atoms with Gasteiger partial charge < -0.3 is 14.8 Å². The van der Waals surface area contributed by atoms with Crippen molar-refractivity contribution in [3.05, 3.63) is 23.8 Å². The van der Waals surface area contributed by atoms with Crippen LogP contribution in [-0.2, 0) is 0 Å². The largest absolute Gasteiger partial charge is 0.486 e. The highest BCUT2D eigenvalue weighted by molar-refractivity contribution is 5.48. The van der Waals surface area contributed by atoms with E-state index in [9.17, 15) is 0 Å². The fourth-order valence-corrected chi connectivity index (χ4v) is 2.42. The predicted molar refractivity (Wildman–Crippen MR) is 73.4 cm³/mol. The van der Waals surface area contributed by atoms with Crippen molar-refractivity contribution in [3.63, 3.8) is 0 Å². The Hall–Kier alpha value is -1.22. The molecule has 1 unspecified atom stereocenters. The molecule has 0 aliphatic carbocycles. The molecule has 0 saturated carbocycles. The monoisotopic (exact) mass is 249 g/mol. The van der Waals surface area contributed by atoms with Crippen LogP contribution in [0.15, 0.2) is 18.2 Å². The Kier molecular flexibility index (Phi) is 4.88. The summed E-state index contributed by atoms with van der Waals surface area (Å²) < 4.78 is 11.4. The van der Waals surface area contributed by atoms with Crippen LogP contribution in [0, 0.1) is 0 Å². The molecule has 1 atom stereocenters. The van der Waals surface area contributed by atoms with Crippen molar-refractivity contribution in [2.45, 2.75) is 38.6 Å². The molecule has 0 radical (unpaired) electrons. The van der Waals surface area contributed by atoms with Gasteiger partial charge in [0.1, 0.15) is 13.2 Å². The zero-order valence-corrected chi connectivity index (χ0v) is 11.4. The smallest absolute Gasteiger partial charge is 0.166 e. The van der Waals surface area contributed by atoms with Crippen molar-refractivity contribution in [1.29, 1.82) is 0 Å². The fraction of sp³-hybridized carbons (Fsp3) is 0.600. The van der Waals surface area contributed by atoms with Crippen LogP contribution in [0.25, 0.3) is 0 Å². The number of rotatable bonds is 6. The Morgan fingerprint density at radius 1 is 1.22 bits per heavy atom. The van der Waals surface area contributed by atoms with Gasteiger partial charge >= 0.3 is 0 Å². The maximum absolute atomic E-state index is 5.78. The lowest BCUT2D eigenvalue weighted by Gasteiger charge is -2.25. The van der Waals surface area contributed by atoms with Crippen LogP contribution in [0.1, 0.15) is 44.2 Å². The average molecular weight is 249 g/mol. The number of fused-ring (bicyclic) bond motifs is 1. The minimum absolute atomic E-state index is 0.355. The van der Waals surface area contributed by atoms with E-state index >= 15 is 0 Å². The minimum atomic E-state index is 0.355. The summed E-state index contributed by atoms with van der Waals surface area (Å²) in [5, 5.41) is 3.39. The number of ether oxygens (including phenoxy) is 2. The summed E-state index contributed by atoms with van der Waals surface area (Å²) in [6.45, 7) is 3.53. The van der Waals surface area contributed by atoms with Gasteiger partial charge in [0.15, 0.2) is 11.5 Å². The molecule has 1 aliphatic heterocycles. The molecule has 3 heteroatoms. The zero-order valence-electron chi connectivity index (χ0n) is 11.4. The standard InChI is InChI=1S/C15H23NO2/c1-3-4-5-8-13(16-2)12-7-6-9-14-15(12)18-11-10-17-14/h6-7,9,13,16H,3-5,8,10-11H2,1-2H3. The molecule has 1 aliphatic rings. The Balaban J connectivity index is 2.14. The second-order valence-electron chi connectivity index (χ2n) is 4.71. The third kappa shape index (κ3) is 2.96. The predicted octanol–water partition coefficient (Wildman–Crippen LogP) is 3.30. The molecule has 1 heterocycles. The van der Waals surface area contributed by atoms with Gasteiger partial charge in [-0.15, -0.1) is 0 Å². The van der Waals surface area contributed by atoms with Crippen LogP contribution in [0.5, 0.6) is 11.5 Å². The van der Waals surface area contributed by atoms with E-state index < -0.39 is 0 Å². The number of benzene rings is 1. The van der Waals surface area contributed by atoms with Crippen LogP contribution in [-0.4, -0.2) is 20.3 Å². The normalized spacial score (nSPS) is 15.4. The third-order valence-corrected chi connectivity index (χ3v) is 3.42. The summed E-state index contributed by atoms with van der Waals surface area (Å²) in [4.78, 5) is 0. The molecule has 0 bridgehead atoms. The Bertz CT molecular complexity index is 379. The second-order valence-corrected chi connectivity index (χ2v) is 4.71. The Morgan fingerprint density at radius 2 is 2.06 bits per heavy atom. The lowest BCUT2D eigenvalue weighted by Crippen LogP contribution is -2.21. The first kappa shape index (κ1) is 13.2. The summed E-state index contributed by atoms with van der Waals surface area (Å²) in [7, 11) is 2.01. The molecular formula is C15H23NO2. The van der Waals surface area contributed by atoms with Crippen LogP contribution in [0.4, 0.5) is 0 Å². The summed E-state index contributed by atoms with van der Waals surface area (Å²) in [5.41, 5.74) is 1.23. The van der Waals surface area contributed by atoms with E-state index in [0.29, 0.717) is 19.3 Å². The zero-order chi connectivity index (χ0) is 12.8. The molecule has 18 heavy (non-hydrogen) atoms. The van der Waals surface area contributed by atoms with Gasteiger partial charge in [0, 0.05) is 11.6 Å². The van der Waals surface area contributed by atoms with Crippen LogP contribution < -0.4 is 14.8 Å². The first-order chi connectivity index (χ1) is 8.86. The van der Waals surface area contributed by atoms with Gasteiger partial charge in [-0.05, 0) is 19.5 Å². The van der Waals surface area contributed by atoms with Crippen LogP contribution >= 0.6 is 0 Å². The maximum Gasteiger partial charge on any atom is 0.166 e. The van der Waals surface area contributed by atoms with Crippen molar-refractivity contribution >= 4 is 0 Å². The Labute approximate surface area is 109 Å². The molecule has 100 valence electrons. The van der Waals surface area contributed by atoms with Gasteiger partial charge in [0.25, 0.3) is 0 Å². The van der Waals surface area contributed by atoms with E-state index in [2.05, 4.69) is 18.3 Å². The van der Waals surface area contributed by atoms with E-state index in [0.717, 1.165) is 17.9 Å². The van der Waals surface area contributed by atoms with Gasteiger partial charge in [0.05, 0.1) is 0 Å². The molecule has 0 spiro atoms. The topological polar surface area (TPSA) is 30.5 Å². The van der Waals surface area contributed by atoms with Crippen molar-refractivity contribution in [3.8, 4) is 11.5 Å². The molecule has 2 rings (SSSR count). The molecular weight excluding hydrogens is 226 g/mol. The van der Waals surface area contributed by atoms with Gasteiger partial charge in [-0.3, -0.25) is 0 Å². The highest BCUT2D eigenvalue weighted by atomic mass is 16.6. The third-order valence-electron chi connectivity index (χ3n) is 3.42. The molecule has 0 aromatic heterocycles. The van der Waals surface area contributed by atoms with E-state index in [1.54, 1.807) is 0 Å². The van der Waals surface area contributed by atoms with Gasteiger partial charge in [-0.1, -0.05) is 38.3 Å². The number of para-hydroxylation sites is 1. The van der Waals surface area contributed by atoms with Crippen molar-refractivity contribution < 1.29 is 9.47 Å². The molecule has 0 saturated heterocycles. The average Bonchev–Trinajstić information content (AvgIpc) is 2.43. The van der Waals surface area contributed by atoms with E-state index in [1.165, 1.54) is 24.8 Å². The van der Waals surface area contributed by atoms with Crippen LogP contribution in [0.3, 0.4) is 0 Å². The maximum atomic E-state index is 5.78. The number of hydrogen-bond acceptors (Lipinski definition) is 3. The number of nitrogens with one attached hydrogen (secondary N) is 1. The molecule has 0 fully saturated rings. The quantitative estimate of drug-likeness (QED) is 0.785. The van der Waals surface area contributed by atoms with Gasteiger partial charge in [-0.2, -0.15) is 0 Å². The lowest BCUT2D eigenvalue weighted by atomic mass is 9.99. The first-order valence-electron chi connectivity index (χ1n) is 6.92. The fourth-order valence-electron chi connectivity index (χ4n) is 2.42. The molecule has 0 amide bonds. The minimum Gasteiger partial charge on any atom is -0.486 e. The number of hydrogen-bond donors (Lipinski definition) is 1. The van der Waals surface area contributed by atoms with Crippen molar-refractivity contribution in [2.75, 3.05) is 20.3 Å². The van der Waals surface area contributed by atoms with E-state index in [1.807, 2.05) is 19.2 Å². The van der Waals surface area contributed by atoms with Crippen molar-refractivity contribution in [2.24, 2.45) is 0 Å². The summed E-state index contributed by atoms with van der Waals surface area (Å²) >= 11 is 0. The van der Waals surface area contributed by atoms with E-state index in [-0.39, 0.29) is 0 Å². The SMILES string of the molecule is CCCCCC(NC)c1cccc2c1OCCO2. The first-order valence-corrected chi connectivity index (χ1v) is 6.92. The van der Waals surface area contributed by atoms with Gasteiger partial charge in [0.2, 0.25) is 0 Å². The van der Waals surface area contributed by atoms with Crippen molar-refractivity contribution in [1.82, 2.24) is 5.32 Å². The molecule has 1 aromatic carbocycles. The molecule has 3 nitrogen and oxygen atoms in total. The molecule has 1 aromatic rings. The number of unbranched alkanes of at least 4 members (excludes halogenated alkanes) is 2. The lowest BCUT2D eigenvalue weighted by molar-refractivity contribution is 0.168. The highest BCUT2D eigenvalue weighted by Crippen LogP contribution is 2.38. The molecule has 1 N–H and O–H groups in total.